The number of rotatable bonds is 3. The van der Waals surface area contributed by atoms with Crippen LogP contribution in [0.2, 0.25) is 0 Å². The average Bonchev–Trinajstić information content (AvgIpc) is 2.74. The average molecular weight is 294 g/mol. The highest BCUT2D eigenvalue weighted by Crippen LogP contribution is 2.19. The van der Waals surface area contributed by atoms with Gasteiger partial charge in [-0.2, -0.15) is 11.8 Å². The van der Waals surface area contributed by atoms with Crippen molar-refractivity contribution in [1.29, 1.82) is 0 Å². The largest absolute Gasteiger partial charge is 0.385 e. The van der Waals surface area contributed by atoms with Gasteiger partial charge in [-0.3, -0.25) is 4.79 Å². The smallest absolute Gasteiger partial charge is 0.274 e. The Balaban J connectivity index is 2.28. The van der Waals surface area contributed by atoms with Crippen LogP contribution in [-0.2, 0) is 0 Å². The lowest BCUT2D eigenvalue weighted by Crippen LogP contribution is -2.34. The lowest BCUT2D eigenvalue weighted by Gasteiger charge is -2.21. The minimum atomic E-state index is 0.0150. The molecule has 1 N–H and O–H groups in total. The first kappa shape index (κ1) is 15.1. The van der Waals surface area contributed by atoms with Crippen LogP contribution in [0.1, 0.15) is 42.5 Å². The maximum absolute atomic E-state index is 12.7. The molecule has 0 saturated carbocycles. The highest BCUT2D eigenvalue weighted by molar-refractivity contribution is 7.99. The molecular weight excluding hydrogens is 272 g/mol. The summed E-state index contributed by atoms with van der Waals surface area (Å²) in [5, 5.41) is 3.02. The third-order valence-corrected chi connectivity index (χ3v) is 4.35. The molecule has 1 fully saturated rings. The van der Waals surface area contributed by atoms with Crippen molar-refractivity contribution in [3.05, 3.63) is 17.7 Å². The van der Waals surface area contributed by atoms with Gasteiger partial charge in [0.25, 0.3) is 5.91 Å². The zero-order valence-electron chi connectivity index (χ0n) is 12.3. The van der Waals surface area contributed by atoms with E-state index in [0.29, 0.717) is 11.4 Å². The standard InChI is InChI=1S/C14H22N4OS/c1-10(2)13-16-9-11(15-3)12(17-13)14(19)18-5-4-7-20-8-6-18/h9-10,15H,4-8H2,1-3H3. The molecule has 0 radical (unpaired) electrons. The van der Waals surface area contributed by atoms with E-state index >= 15 is 0 Å². The monoisotopic (exact) mass is 294 g/mol. The van der Waals surface area contributed by atoms with Gasteiger partial charge in [0.2, 0.25) is 0 Å². The van der Waals surface area contributed by atoms with Crippen LogP contribution in [0.15, 0.2) is 6.20 Å². The van der Waals surface area contributed by atoms with Gasteiger partial charge >= 0.3 is 0 Å². The molecule has 1 amide bonds. The van der Waals surface area contributed by atoms with Gasteiger partial charge in [-0.1, -0.05) is 13.8 Å². The minimum Gasteiger partial charge on any atom is -0.385 e. The summed E-state index contributed by atoms with van der Waals surface area (Å²) in [6.45, 7) is 5.68. The predicted molar refractivity (Wildman–Crippen MR) is 83.5 cm³/mol. The summed E-state index contributed by atoms with van der Waals surface area (Å²) < 4.78 is 0. The number of aromatic nitrogens is 2. The summed E-state index contributed by atoms with van der Waals surface area (Å²) in [4.78, 5) is 23.4. The van der Waals surface area contributed by atoms with E-state index in [-0.39, 0.29) is 11.8 Å². The molecule has 0 atom stereocenters. The Kier molecular flexibility index (Phi) is 5.23. The van der Waals surface area contributed by atoms with Crippen LogP contribution in [0.5, 0.6) is 0 Å². The van der Waals surface area contributed by atoms with Gasteiger partial charge in [0.1, 0.15) is 5.82 Å². The number of carbonyl (C=O) groups excluding carboxylic acids is 1. The SMILES string of the molecule is CNc1cnc(C(C)C)nc1C(=O)N1CCCSCC1. The van der Waals surface area contributed by atoms with E-state index in [1.165, 1.54) is 0 Å². The normalized spacial score (nSPS) is 16.1. The second kappa shape index (κ2) is 6.92. The van der Waals surface area contributed by atoms with Gasteiger partial charge in [-0.25, -0.2) is 9.97 Å². The molecule has 0 unspecified atom stereocenters. The van der Waals surface area contributed by atoms with E-state index in [1.807, 2.05) is 30.5 Å². The molecule has 0 spiro atoms. The second-order valence-electron chi connectivity index (χ2n) is 5.15. The van der Waals surface area contributed by atoms with Crippen LogP contribution in [0, 0.1) is 0 Å². The zero-order valence-corrected chi connectivity index (χ0v) is 13.2. The minimum absolute atomic E-state index is 0.0150. The summed E-state index contributed by atoms with van der Waals surface area (Å²) in [6, 6.07) is 0. The van der Waals surface area contributed by atoms with Crippen LogP contribution in [0.4, 0.5) is 5.69 Å². The van der Waals surface area contributed by atoms with Crippen molar-refractivity contribution in [2.75, 3.05) is 37.0 Å². The molecule has 6 heteroatoms. The fourth-order valence-electron chi connectivity index (χ4n) is 2.12. The van der Waals surface area contributed by atoms with Crippen LogP contribution >= 0.6 is 11.8 Å². The molecule has 20 heavy (non-hydrogen) atoms. The number of thioether (sulfide) groups is 1. The van der Waals surface area contributed by atoms with Crippen LogP contribution in [0.3, 0.4) is 0 Å². The van der Waals surface area contributed by atoms with E-state index in [9.17, 15) is 4.79 Å². The lowest BCUT2D eigenvalue weighted by molar-refractivity contribution is 0.0763. The molecule has 1 aliphatic heterocycles. The van der Waals surface area contributed by atoms with Crippen LogP contribution < -0.4 is 5.32 Å². The number of anilines is 1. The highest BCUT2D eigenvalue weighted by Gasteiger charge is 2.22. The first-order chi connectivity index (χ1) is 9.63. The van der Waals surface area contributed by atoms with Gasteiger partial charge in [0.15, 0.2) is 5.69 Å². The fraction of sp³-hybridized carbons (Fsp3) is 0.643. The quantitative estimate of drug-likeness (QED) is 0.926. The number of amides is 1. The lowest BCUT2D eigenvalue weighted by atomic mass is 10.2. The van der Waals surface area contributed by atoms with Gasteiger partial charge in [-0.05, 0) is 12.2 Å². The van der Waals surface area contributed by atoms with Gasteiger partial charge in [0.05, 0.1) is 11.9 Å². The zero-order chi connectivity index (χ0) is 14.5. The summed E-state index contributed by atoms with van der Waals surface area (Å²) >= 11 is 1.91. The maximum Gasteiger partial charge on any atom is 0.274 e. The number of hydrogen-bond acceptors (Lipinski definition) is 5. The van der Waals surface area contributed by atoms with Crippen LogP contribution in [0.25, 0.3) is 0 Å². The van der Waals surface area contributed by atoms with E-state index in [0.717, 1.165) is 36.8 Å². The number of nitrogens with zero attached hydrogens (tertiary/aromatic N) is 3. The third-order valence-electron chi connectivity index (χ3n) is 3.31. The predicted octanol–water partition coefficient (Wildman–Crippen LogP) is 2.22. The van der Waals surface area contributed by atoms with Crippen molar-refractivity contribution < 1.29 is 4.79 Å². The van der Waals surface area contributed by atoms with E-state index < -0.39 is 0 Å². The first-order valence-electron chi connectivity index (χ1n) is 7.05. The number of hydrogen-bond donors (Lipinski definition) is 1. The van der Waals surface area contributed by atoms with Gasteiger partial charge in [0, 0.05) is 31.8 Å². The highest BCUT2D eigenvalue weighted by atomic mass is 32.2. The van der Waals surface area contributed by atoms with Crippen molar-refractivity contribution in [3.8, 4) is 0 Å². The Morgan fingerprint density at radius 1 is 1.40 bits per heavy atom. The van der Waals surface area contributed by atoms with Crippen molar-refractivity contribution in [2.45, 2.75) is 26.2 Å². The van der Waals surface area contributed by atoms with E-state index in [2.05, 4.69) is 15.3 Å². The molecule has 5 nitrogen and oxygen atoms in total. The molecule has 2 heterocycles. The molecule has 0 aliphatic carbocycles. The van der Waals surface area contributed by atoms with Crippen LogP contribution in [-0.4, -0.2) is 52.4 Å². The Hall–Kier alpha value is -1.30. The van der Waals surface area contributed by atoms with Crippen molar-refractivity contribution in [3.63, 3.8) is 0 Å². The number of nitrogens with one attached hydrogen (secondary N) is 1. The van der Waals surface area contributed by atoms with E-state index in [1.54, 1.807) is 13.2 Å². The van der Waals surface area contributed by atoms with Crippen molar-refractivity contribution in [1.82, 2.24) is 14.9 Å². The Labute approximate surface area is 124 Å². The Morgan fingerprint density at radius 3 is 2.90 bits per heavy atom. The van der Waals surface area contributed by atoms with E-state index in [4.69, 9.17) is 0 Å². The summed E-state index contributed by atoms with van der Waals surface area (Å²) in [6.07, 6.45) is 2.76. The summed E-state index contributed by atoms with van der Waals surface area (Å²) in [5.41, 5.74) is 1.20. The molecule has 0 aromatic carbocycles. The molecular formula is C14H22N4OS. The number of carbonyl (C=O) groups is 1. The molecule has 0 bridgehead atoms. The summed E-state index contributed by atoms with van der Waals surface area (Å²) in [7, 11) is 1.79. The molecule has 1 aromatic rings. The fourth-order valence-corrected chi connectivity index (χ4v) is 3.01. The maximum atomic E-state index is 12.7. The molecule has 1 aliphatic rings. The molecule has 2 rings (SSSR count). The molecule has 1 saturated heterocycles. The molecule has 1 aromatic heterocycles. The summed E-state index contributed by atoms with van der Waals surface area (Å²) in [5.74, 6) is 3.08. The topological polar surface area (TPSA) is 58.1 Å². The first-order valence-corrected chi connectivity index (χ1v) is 8.20. The Morgan fingerprint density at radius 2 is 2.20 bits per heavy atom. The third kappa shape index (κ3) is 3.42. The molecule has 110 valence electrons. The Bertz CT molecular complexity index is 470. The van der Waals surface area contributed by atoms with Crippen molar-refractivity contribution in [2.24, 2.45) is 0 Å². The van der Waals surface area contributed by atoms with Crippen molar-refractivity contribution >= 4 is 23.4 Å². The second-order valence-corrected chi connectivity index (χ2v) is 6.38. The van der Waals surface area contributed by atoms with Gasteiger partial charge in [-0.15, -0.1) is 0 Å². The van der Waals surface area contributed by atoms with Gasteiger partial charge < -0.3 is 10.2 Å².